The molecule has 4 heteroatoms. The van der Waals surface area contributed by atoms with Crippen LogP contribution in [0.5, 0.6) is 0 Å². The number of rotatable bonds is 4. The molecule has 1 aromatic carbocycles. The maximum Gasteiger partial charge on any atom is 0.306 e. The predicted octanol–water partition coefficient (Wildman–Crippen LogP) is 1.88. The molecule has 1 atom stereocenters. The van der Waals surface area contributed by atoms with Crippen LogP contribution in [-0.4, -0.2) is 39.8 Å². The van der Waals surface area contributed by atoms with Crippen molar-refractivity contribution in [3.05, 3.63) is 35.9 Å². The average molecular weight is 263 g/mol. The van der Waals surface area contributed by atoms with Crippen molar-refractivity contribution in [2.45, 2.75) is 37.8 Å². The third-order valence-corrected chi connectivity index (χ3v) is 3.61. The van der Waals surface area contributed by atoms with Gasteiger partial charge in [-0.1, -0.05) is 30.3 Å². The zero-order valence-corrected chi connectivity index (χ0v) is 11.1. The molecule has 0 aromatic heterocycles. The van der Waals surface area contributed by atoms with Gasteiger partial charge in [0, 0.05) is 13.1 Å². The van der Waals surface area contributed by atoms with Crippen LogP contribution in [0.25, 0.3) is 0 Å². The molecule has 4 nitrogen and oxygen atoms in total. The van der Waals surface area contributed by atoms with Crippen LogP contribution in [0.4, 0.5) is 0 Å². The first-order valence-electron chi connectivity index (χ1n) is 6.78. The minimum Gasteiger partial charge on any atom is -0.481 e. The van der Waals surface area contributed by atoms with Crippen LogP contribution in [0.1, 0.15) is 31.2 Å². The Balaban J connectivity index is 2.02. The van der Waals surface area contributed by atoms with Crippen LogP contribution in [0, 0.1) is 0 Å². The number of nitrogens with zero attached hydrogens (tertiary/aromatic N) is 1. The molecular weight excluding hydrogens is 242 g/mol. The number of aliphatic carboxylic acids is 1. The van der Waals surface area contributed by atoms with E-state index in [-0.39, 0.29) is 6.42 Å². The summed E-state index contributed by atoms with van der Waals surface area (Å²) in [7, 11) is 0. The Morgan fingerprint density at radius 3 is 2.68 bits per heavy atom. The number of carboxylic acids is 1. The summed E-state index contributed by atoms with van der Waals surface area (Å²) < 4.78 is 0. The zero-order valence-electron chi connectivity index (χ0n) is 11.1. The molecule has 0 spiro atoms. The molecule has 1 saturated heterocycles. The molecule has 1 aromatic rings. The molecule has 1 aliphatic rings. The van der Waals surface area contributed by atoms with Gasteiger partial charge in [0.25, 0.3) is 0 Å². The van der Waals surface area contributed by atoms with Gasteiger partial charge in [0.1, 0.15) is 0 Å². The summed E-state index contributed by atoms with van der Waals surface area (Å²) in [6.45, 7) is 2.12. The molecule has 1 unspecified atom stereocenters. The Morgan fingerprint density at radius 1 is 1.26 bits per heavy atom. The lowest BCUT2D eigenvalue weighted by molar-refractivity contribution is -0.143. The molecular formula is C15H21NO3. The fourth-order valence-electron chi connectivity index (χ4n) is 2.77. The van der Waals surface area contributed by atoms with Crippen molar-refractivity contribution >= 4 is 5.97 Å². The lowest BCUT2D eigenvalue weighted by Gasteiger charge is -2.30. The van der Waals surface area contributed by atoms with Crippen molar-refractivity contribution in [3.63, 3.8) is 0 Å². The van der Waals surface area contributed by atoms with E-state index in [0.29, 0.717) is 13.0 Å². The number of hydrogen-bond donors (Lipinski definition) is 2. The number of aliphatic hydroxyl groups is 1. The summed E-state index contributed by atoms with van der Waals surface area (Å²) in [4.78, 5) is 13.0. The second-order valence-electron chi connectivity index (χ2n) is 5.45. The third kappa shape index (κ3) is 4.33. The van der Waals surface area contributed by atoms with Crippen LogP contribution < -0.4 is 0 Å². The molecule has 104 valence electrons. The number of hydrogen-bond acceptors (Lipinski definition) is 3. The summed E-state index contributed by atoms with van der Waals surface area (Å²) in [6, 6.07) is 10.1. The van der Waals surface area contributed by atoms with E-state index in [1.807, 2.05) is 18.2 Å². The third-order valence-electron chi connectivity index (χ3n) is 3.61. The van der Waals surface area contributed by atoms with E-state index < -0.39 is 11.6 Å². The molecule has 2 N–H and O–H groups in total. The Morgan fingerprint density at radius 2 is 2.00 bits per heavy atom. The second-order valence-corrected chi connectivity index (χ2v) is 5.45. The molecule has 1 aliphatic heterocycles. The van der Waals surface area contributed by atoms with Gasteiger partial charge in [-0.2, -0.15) is 0 Å². The van der Waals surface area contributed by atoms with Crippen molar-refractivity contribution in [2.75, 3.05) is 13.1 Å². The number of carbonyl (C=O) groups is 1. The molecule has 0 radical (unpaired) electrons. The Kier molecular flexibility index (Phi) is 4.56. The fraction of sp³-hybridized carbons (Fsp3) is 0.533. The second kappa shape index (κ2) is 6.17. The average Bonchev–Trinajstić information content (AvgIpc) is 2.51. The van der Waals surface area contributed by atoms with Gasteiger partial charge in [-0.3, -0.25) is 9.69 Å². The normalized spacial score (nSPS) is 24.9. The van der Waals surface area contributed by atoms with E-state index >= 15 is 0 Å². The highest BCUT2D eigenvalue weighted by molar-refractivity contribution is 5.68. The van der Waals surface area contributed by atoms with Crippen molar-refractivity contribution in [2.24, 2.45) is 0 Å². The Labute approximate surface area is 113 Å². The lowest BCUT2D eigenvalue weighted by Crippen LogP contribution is -2.42. The molecule has 1 fully saturated rings. The summed E-state index contributed by atoms with van der Waals surface area (Å²) in [5.41, 5.74) is 0.110. The topological polar surface area (TPSA) is 60.8 Å². The molecule has 0 amide bonds. The summed E-state index contributed by atoms with van der Waals surface area (Å²) in [5.74, 6) is -0.927. The smallest absolute Gasteiger partial charge is 0.306 e. The minimum atomic E-state index is -1.09. The van der Waals surface area contributed by atoms with Crippen LogP contribution in [0.15, 0.2) is 30.3 Å². The van der Waals surface area contributed by atoms with Gasteiger partial charge in [-0.15, -0.1) is 0 Å². The van der Waals surface area contributed by atoms with Gasteiger partial charge >= 0.3 is 5.97 Å². The highest BCUT2D eigenvalue weighted by atomic mass is 16.4. The number of likely N-dealkylation sites (tertiary alicyclic amines) is 1. The van der Waals surface area contributed by atoms with Gasteiger partial charge in [0.05, 0.1) is 12.0 Å². The van der Waals surface area contributed by atoms with Gasteiger partial charge in [0.2, 0.25) is 0 Å². The first-order chi connectivity index (χ1) is 9.07. The van der Waals surface area contributed by atoms with E-state index in [1.165, 1.54) is 5.56 Å². The van der Waals surface area contributed by atoms with Gasteiger partial charge < -0.3 is 10.2 Å². The molecule has 0 aliphatic carbocycles. The van der Waals surface area contributed by atoms with E-state index in [9.17, 15) is 9.90 Å². The predicted molar refractivity (Wildman–Crippen MR) is 72.8 cm³/mol. The van der Waals surface area contributed by atoms with Crippen molar-refractivity contribution in [3.8, 4) is 0 Å². The standard InChI is InChI=1S/C15H21NO3/c17-14(18)10-15(19)8-4-5-9-16(12-15)11-13-6-2-1-3-7-13/h1-3,6-7,19H,4-5,8-12H2,(H,17,18). The number of carboxylic acid groups (broad SMARTS) is 1. The van der Waals surface area contributed by atoms with Crippen molar-refractivity contribution < 1.29 is 15.0 Å². The fourth-order valence-corrected chi connectivity index (χ4v) is 2.77. The van der Waals surface area contributed by atoms with Gasteiger partial charge in [-0.05, 0) is 31.4 Å². The SMILES string of the molecule is O=C(O)CC1(O)CCCCN(Cc2ccccc2)C1. The Bertz CT molecular complexity index is 421. The van der Waals surface area contributed by atoms with Crippen LogP contribution in [0.2, 0.25) is 0 Å². The first-order valence-corrected chi connectivity index (χ1v) is 6.78. The summed E-state index contributed by atoms with van der Waals surface area (Å²) in [6.07, 6.45) is 2.30. The van der Waals surface area contributed by atoms with Crippen LogP contribution in [0.3, 0.4) is 0 Å². The van der Waals surface area contributed by atoms with Crippen LogP contribution >= 0.6 is 0 Å². The maximum absolute atomic E-state index is 10.9. The molecule has 1 heterocycles. The molecule has 19 heavy (non-hydrogen) atoms. The van der Waals surface area contributed by atoms with E-state index in [0.717, 1.165) is 25.9 Å². The lowest BCUT2D eigenvalue weighted by atomic mass is 9.94. The molecule has 0 saturated carbocycles. The highest BCUT2D eigenvalue weighted by Gasteiger charge is 2.33. The zero-order chi connectivity index (χ0) is 13.7. The van der Waals surface area contributed by atoms with Crippen molar-refractivity contribution in [1.29, 1.82) is 0 Å². The van der Waals surface area contributed by atoms with Crippen molar-refractivity contribution in [1.82, 2.24) is 4.90 Å². The summed E-state index contributed by atoms with van der Waals surface area (Å²) in [5, 5.41) is 19.4. The van der Waals surface area contributed by atoms with E-state index in [2.05, 4.69) is 17.0 Å². The number of benzene rings is 1. The Hall–Kier alpha value is -1.39. The quantitative estimate of drug-likeness (QED) is 0.870. The largest absolute Gasteiger partial charge is 0.481 e. The van der Waals surface area contributed by atoms with E-state index in [1.54, 1.807) is 0 Å². The first kappa shape index (κ1) is 14.0. The minimum absolute atomic E-state index is 0.168. The van der Waals surface area contributed by atoms with Crippen LogP contribution in [-0.2, 0) is 11.3 Å². The molecule has 0 bridgehead atoms. The van der Waals surface area contributed by atoms with E-state index in [4.69, 9.17) is 5.11 Å². The van der Waals surface area contributed by atoms with Gasteiger partial charge in [0.15, 0.2) is 0 Å². The monoisotopic (exact) mass is 263 g/mol. The highest BCUT2D eigenvalue weighted by Crippen LogP contribution is 2.25. The maximum atomic E-state index is 10.9. The summed E-state index contributed by atoms with van der Waals surface area (Å²) >= 11 is 0. The molecule has 2 rings (SSSR count). The van der Waals surface area contributed by atoms with Gasteiger partial charge in [-0.25, -0.2) is 0 Å². The number of β-amino-alcohol motifs (C(OH)–C–C–N with tert-alkyl or cyclic N) is 1.